The van der Waals surface area contributed by atoms with Crippen molar-refractivity contribution in [1.82, 2.24) is 9.55 Å². The van der Waals surface area contributed by atoms with E-state index in [1.54, 1.807) is 12.3 Å². The van der Waals surface area contributed by atoms with Crippen molar-refractivity contribution < 1.29 is 4.39 Å². The molecule has 2 heterocycles. The molecule has 2 aromatic rings. The van der Waals surface area contributed by atoms with E-state index < -0.39 is 5.82 Å². The molecule has 0 saturated carbocycles. The molecule has 3 nitrogen and oxygen atoms in total. The number of halogens is 3. The van der Waals surface area contributed by atoms with E-state index in [0.717, 1.165) is 10.7 Å². The molecule has 0 N–H and O–H groups in total. The summed E-state index contributed by atoms with van der Waals surface area (Å²) in [6.07, 6.45) is 4.31. The van der Waals surface area contributed by atoms with Gasteiger partial charge >= 0.3 is 0 Å². The molecule has 0 atom stereocenters. The Kier molecular flexibility index (Phi) is 3.73. The number of nitrogens with zero attached hydrogens (tertiary/aromatic N) is 2. The molecule has 0 saturated heterocycles. The van der Waals surface area contributed by atoms with Crippen molar-refractivity contribution in [3.63, 3.8) is 0 Å². The van der Waals surface area contributed by atoms with Crippen molar-refractivity contribution in [2.75, 3.05) is 0 Å². The summed E-state index contributed by atoms with van der Waals surface area (Å²) in [5.74, 6) is -0.412. The Hall–Kier alpha value is -1.01. The highest BCUT2D eigenvalue weighted by Gasteiger charge is 2.04. The highest BCUT2D eigenvalue weighted by Crippen LogP contribution is 2.13. The largest absolute Gasteiger partial charge is 0.309 e. The van der Waals surface area contributed by atoms with Gasteiger partial charge in [-0.1, -0.05) is 0 Å². The summed E-state index contributed by atoms with van der Waals surface area (Å²) in [4.78, 5) is 15.5. The Bertz CT molecular complexity index is 613. The molecular formula is C11H7Br2FN2O. The van der Waals surface area contributed by atoms with E-state index in [0.29, 0.717) is 10.0 Å². The van der Waals surface area contributed by atoms with E-state index in [1.165, 1.54) is 16.8 Å². The van der Waals surface area contributed by atoms with Crippen LogP contribution in [-0.2, 0) is 6.54 Å². The first-order valence-electron chi connectivity index (χ1n) is 4.71. The molecule has 0 amide bonds. The summed E-state index contributed by atoms with van der Waals surface area (Å²) in [5.41, 5.74) is 0.467. The standard InChI is InChI=1S/C11H7Br2FN2O/c12-8-2-10(13)11(17)16(6-8)5-7-1-9(14)4-15-3-7/h1-4,6H,5H2. The van der Waals surface area contributed by atoms with E-state index in [2.05, 4.69) is 36.8 Å². The van der Waals surface area contributed by atoms with Crippen molar-refractivity contribution in [2.24, 2.45) is 0 Å². The first-order chi connectivity index (χ1) is 8.06. The summed E-state index contributed by atoms with van der Waals surface area (Å²) < 4.78 is 15.7. The third-order valence-corrected chi connectivity index (χ3v) is 3.13. The normalized spacial score (nSPS) is 10.5. The number of rotatable bonds is 2. The van der Waals surface area contributed by atoms with E-state index in [9.17, 15) is 9.18 Å². The van der Waals surface area contributed by atoms with Gasteiger partial charge in [-0.3, -0.25) is 9.78 Å². The molecule has 0 fully saturated rings. The van der Waals surface area contributed by atoms with Crippen molar-refractivity contribution in [1.29, 1.82) is 0 Å². The molecule has 2 rings (SSSR count). The summed E-state index contributed by atoms with van der Waals surface area (Å²) in [6, 6.07) is 3.02. The second kappa shape index (κ2) is 5.10. The highest BCUT2D eigenvalue weighted by molar-refractivity contribution is 9.11. The zero-order valence-electron chi connectivity index (χ0n) is 8.53. The number of aromatic nitrogens is 2. The van der Waals surface area contributed by atoms with Crippen molar-refractivity contribution in [2.45, 2.75) is 6.54 Å². The van der Waals surface area contributed by atoms with E-state index in [-0.39, 0.29) is 12.1 Å². The molecule has 88 valence electrons. The van der Waals surface area contributed by atoms with Crippen LogP contribution in [0.1, 0.15) is 5.56 Å². The fraction of sp³-hybridized carbons (Fsp3) is 0.0909. The van der Waals surface area contributed by atoms with Crippen molar-refractivity contribution in [3.05, 3.63) is 61.4 Å². The minimum Gasteiger partial charge on any atom is -0.309 e. The van der Waals surface area contributed by atoms with Gasteiger partial charge in [-0.05, 0) is 49.6 Å². The molecule has 0 aliphatic rings. The maximum atomic E-state index is 13.0. The number of pyridine rings is 2. The summed E-state index contributed by atoms with van der Waals surface area (Å²) in [5, 5.41) is 0. The van der Waals surface area contributed by atoms with E-state index >= 15 is 0 Å². The van der Waals surface area contributed by atoms with Crippen LogP contribution in [-0.4, -0.2) is 9.55 Å². The highest BCUT2D eigenvalue weighted by atomic mass is 79.9. The average molecular weight is 362 g/mol. The van der Waals surface area contributed by atoms with Gasteiger partial charge in [0.2, 0.25) is 0 Å². The predicted molar refractivity (Wildman–Crippen MR) is 69.4 cm³/mol. The molecule has 0 spiro atoms. The smallest absolute Gasteiger partial charge is 0.265 e. The number of hydrogen-bond donors (Lipinski definition) is 0. The minimum atomic E-state index is -0.412. The Labute approximate surface area is 114 Å². The van der Waals surface area contributed by atoms with E-state index in [1.807, 2.05) is 0 Å². The zero-order chi connectivity index (χ0) is 12.4. The van der Waals surface area contributed by atoms with Crippen LogP contribution in [0.5, 0.6) is 0 Å². The Morgan fingerprint density at radius 1 is 1.29 bits per heavy atom. The summed E-state index contributed by atoms with van der Waals surface area (Å²) in [6.45, 7) is 0.279. The second-order valence-corrected chi connectivity index (χ2v) is 5.22. The van der Waals surface area contributed by atoms with Gasteiger partial charge < -0.3 is 4.57 Å². The average Bonchev–Trinajstić information content (AvgIpc) is 2.25. The van der Waals surface area contributed by atoms with Crippen LogP contribution >= 0.6 is 31.9 Å². The van der Waals surface area contributed by atoms with Gasteiger partial charge in [-0.15, -0.1) is 0 Å². The molecule has 0 radical (unpaired) electrons. The lowest BCUT2D eigenvalue weighted by molar-refractivity contribution is 0.615. The minimum absolute atomic E-state index is 0.169. The van der Waals surface area contributed by atoms with Crippen LogP contribution < -0.4 is 5.56 Å². The zero-order valence-corrected chi connectivity index (χ0v) is 11.7. The lowest BCUT2D eigenvalue weighted by Crippen LogP contribution is -2.20. The van der Waals surface area contributed by atoms with Crippen LogP contribution in [0.3, 0.4) is 0 Å². The maximum absolute atomic E-state index is 13.0. The topological polar surface area (TPSA) is 34.9 Å². The molecule has 17 heavy (non-hydrogen) atoms. The lowest BCUT2D eigenvalue weighted by atomic mass is 10.3. The second-order valence-electron chi connectivity index (χ2n) is 3.45. The maximum Gasteiger partial charge on any atom is 0.265 e. The van der Waals surface area contributed by atoms with Crippen LogP contribution in [0, 0.1) is 5.82 Å². The van der Waals surface area contributed by atoms with Crippen LogP contribution in [0.2, 0.25) is 0 Å². The third kappa shape index (κ3) is 3.01. The molecule has 0 unspecified atom stereocenters. The third-order valence-electron chi connectivity index (χ3n) is 2.12. The molecular weight excluding hydrogens is 355 g/mol. The Morgan fingerprint density at radius 3 is 2.76 bits per heavy atom. The quantitative estimate of drug-likeness (QED) is 0.824. The number of hydrogen-bond acceptors (Lipinski definition) is 2. The first-order valence-corrected chi connectivity index (χ1v) is 6.30. The van der Waals surface area contributed by atoms with Crippen molar-refractivity contribution in [3.8, 4) is 0 Å². The van der Waals surface area contributed by atoms with Gasteiger partial charge in [0.25, 0.3) is 5.56 Å². The Balaban J connectivity index is 2.40. The first kappa shape index (κ1) is 12.4. The summed E-state index contributed by atoms with van der Waals surface area (Å²) in [7, 11) is 0. The molecule has 0 aromatic carbocycles. The summed E-state index contributed by atoms with van der Waals surface area (Å²) >= 11 is 6.47. The molecule has 0 aliphatic heterocycles. The predicted octanol–water partition coefficient (Wildman–Crippen LogP) is 2.96. The molecule has 0 bridgehead atoms. The SMILES string of the molecule is O=c1c(Br)cc(Br)cn1Cc1cncc(F)c1. The Morgan fingerprint density at radius 2 is 2.06 bits per heavy atom. The van der Waals surface area contributed by atoms with Gasteiger partial charge in [0, 0.05) is 16.9 Å². The van der Waals surface area contributed by atoms with Gasteiger partial charge in [0.1, 0.15) is 5.82 Å². The van der Waals surface area contributed by atoms with Crippen LogP contribution in [0.15, 0.2) is 44.5 Å². The van der Waals surface area contributed by atoms with Gasteiger partial charge in [0.15, 0.2) is 0 Å². The lowest BCUT2D eigenvalue weighted by Gasteiger charge is -2.07. The monoisotopic (exact) mass is 360 g/mol. The molecule has 2 aromatic heterocycles. The fourth-order valence-corrected chi connectivity index (χ4v) is 2.68. The van der Waals surface area contributed by atoms with E-state index in [4.69, 9.17) is 0 Å². The van der Waals surface area contributed by atoms with Gasteiger partial charge in [-0.2, -0.15) is 0 Å². The van der Waals surface area contributed by atoms with Crippen LogP contribution in [0.4, 0.5) is 4.39 Å². The van der Waals surface area contributed by atoms with Gasteiger partial charge in [0.05, 0.1) is 17.2 Å². The van der Waals surface area contributed by atoms with Crippen molar-refractivity contribution >= 4 is 31.9 Å². The fourth-order valence-electron chi connectivity index (χ4n) is 1.42. The van der Waals surface area contributed by atoms with Gasteiger partial charge in [-0.25, -0.2) is 4.39 Å². The van der Waals surface area contributed by atoms with Crippen LogP contribution in [0.25, 0.3) is 0 Å². The molecule has 6 heteroatoms. The molecule has 0 aliphatic carbocycles.